The van der Waals surface area contributed by atoms with Gasteiger partial charge in [0, 0.05) is 0 Å². The van der Waals surface area contributed by atoms with Gasteiger partial charge in [-0.25, -0.2) is 4.79 Å². The zero-order valence-corrected chi connectivity index (χ0v) is 12.3. The third-order valence-electron chi connectivity index (χ3n) is 2.74. The number of halogens is 1. The van der Waals surface area contributed by atoms with Crippen LogP contribution < -0.4 is 10.1 Å². The lowest BCUT2D eigenvalue weighted by molar-refractivity contribution is -0.144. The van der Waals surface area contributed by atoms with E-state index in [0.29, 0.717) is 10.8 Å². The van der Waals surface area contributed by atoms with Crippen molar-refractivity contribution in [2.45, 2.75) is 32.9 Å². The predicted molar refractivity (Wildman–Crippen MR) is 75.9 cm³/mol. The molecule has 2 N–H and O–H groups in total. The number of para-hydroxylation sites is 1. The van der Waals surface area contributed by atoms with Crippen LogP contribution in [0.5, 0.6) is 5.75 Å². The highest BCUT2D eigenvalue weighted by atomic mass is 35.5. The van der Waals surface area contributed by atoms with Gasteiger partial charge in [-0.2, -0.15) is 0 Å². The summed E-state index contributed by atoms with van der Waals surface area (Å²) >= 11 is 5.93. The Kier molecular flexibility index (Phi) is 5.82. The second-order valence-corrected chi connectivity index (χ2v) is 5.17. The summed E-state index contributed by atoms with van der Waals surface area (Å²) in [6, 6.07) is 5.83. The SMILES string of the molecule is CC(Oc1ccccc1Cl)C(=O)N[C@H](C(=O)O)C(C)C. The molecule has 0 saturated heterocycles. The second-order valence-electron chi connectivity index (χ2n) is 4.76. The van der Waals surface area contributed by atoms with E-state index in [1.54, 1.807) is 38.1 Å². The van der Waals surface area contributed by atoms with Crippen molar-refractivity contribution in [3.63, 3.8) is 0 Å². The third-order valence-corrected chi connectivity index (χ3v) is 3.05. The van der Waals surface area contributed by atoms with Gasteiger partial charge in [-0.1, -0.05) is 37.6 Å². The van der Waals surface area contributed by atoms with Crippen molar-refractivity contribution < 1.29 is 19.4 Å². The zero-order chi connectivity index (χ0) is 15.3. The van der Waals surface area contributed by atoms with Crippen LogP contribution >= 0.6 is 11.6 Å². The summed E-state index contributed by atoms with van der Waals surface area (Å²) in [5, 5.41) is 11.9. The first-order chi connectivity index (χ1) is 9.32. The molecule has 20 heavy (non-hydrogen) atoms. The Labute approximate surface area is 122 Å². The molecule has 0 aliphatic heterocycles. The lowest BCUT2D eigenvalue weighted by Gasteiger charge is -2.21. The number of hydrogen-bond acceptors (Lipinski definition) is 3. The number of carbonyl (C=O) groups is 2. The van der Waals surface area contributed by atoms with Gasteiger partial charge in [-0.05, 0) is 25.0 Å². The third kappa shape index (κ3) is 4.42. The Morgan fingerprint density at radius 3 is 2.35 bits per heavy atom. The summed E-state index contributed by atoms with van der Waals surface area (Å²) in [4.78, 5) is 23.0. The first-order valence-electron chi connectivity index (χ1n) is 6.27. The van der Waals surface area contributed by atoms with Crippen LogP contribution in [0.4, 0.5) is 0 Å². The molecular formula is C14H18ClNO4. The van der Waals surface area contributed by atoms with Crippen molar-refractivity contribution >= 4 is 23.5 Å². The van der Waals surface area contributed by atoms with Gasteiger partial charge >= 0.3 is 5.97 Å². The molecule has 110 valence electrons. The van der Waals surface area contributed by atoms with E-state index in [2.05, 4.69) is 5.32 Å². The molecular weight excluding hydrogens is 282 g/mol. The van der Waals surface area contributed by atoms with Gasteiger partial charge in [0.2, 0.25) is 0 Å². The quantitative estimate of drug-likeness (QED) is 0.845. The molecule has 2 atom stereocenters. The molecule has 1 aromatic rings. The van der Waals surface area contributed by atoms with Gasteiger partial charge in [0.15, 0.2) is 6.10 Å². The molecule has 1 rings (SSSR count). The summed E-state index contributed by atoms with van der Waals surface area (Å²) in [6.07, 6.45) is -0.838. The van der Waals surface area contributed by atoms with Gasteiger partial charge in [0.1, 0.15) is 11.8 Å². The molecule has 0 fully saturated rings. The van der Waals surface area contributed by atoms with Crippen molar-refractivity contribution in [3.8, 4) is 5.75 Å². The zero-order valence-electron chi connectivity index (χ0n) is 11.6. The fraction of sp³-hybridized carbons (Fsp3) is 0.429. The van der Waals surface area contributed by atoms with E-state index in [9.17, 15) is 9.59 Å². The van der Waals surface area contributed by atoms with Crippen LogP contribution in [0.15, 0.2) is 24.3 Å². The molecule has 5 nitrogen and oxygen atoms in total. The fourth-order valence-corrected chi connectivity index (χ4v) is 1.75. The lowest BCUT2D eigenvalue weighted by Crippen LogP contribution is -2.48. The average Bonchev–Trinajstić information content (AvgIpc) is 2.37. The molecule has 0 saturated carbocycles. The lowest BCUT2D eigenvalue weighted by atomic mass is 10.0. The number of ether oxygens (including phenoxy) is 1. The largest absolute Gasteiger partial charge is 0.480 e. The van der Waals surface area contributed by atoms with Crippen LogP contribution in [0.25, 0.3) is 0 Å². The Balaban J connectivity index is 2.68. The topological polar surface area (TPSA) is 75.6 Å². The van der Waals surface area contributed by atoms with Gasteiger partial charge < -0.3 is 15.2 Å². The molecule has 0 spiro atoms. The minimum Gasteiger partial charge on any atom is -0.480 e. The Morgan fingerprint density at radius 2 is 1.85 bits per heavy atom. The van der Waals surface area contributed by atoms with Crippen molar-refractivity contribution in [3.05, 3.63) is 29.3 Å². The number of benzene rings is 1. The number of rotatable bonds is 6. The standard InChI is InChI=1S/C14H18ClNO4/c1-8(2)12(14(18)19)16-13(17)9(3)20-11-7-5-4-6-10(11)15/h4-9,12H,1-3H3,(H,16,17)(H,18,19)/t9?,12-/m0/s1. The van der Waals surface area contributed by atoms with Gasteiger partial charge in [0.05, 0.1) is 5.02 Å². The average molecular weight is 300 g/mol. The van der Waals surface area contributed by atoms with E-state index in [1.807, 2.05) is 0 Å². The maximum absolute atomic E-state index is 11.9. The van der Waals surface area contributed by atoms with Crippen LogP contribution in [0.1, 0.15) is 20.8 Å². The predicted octanol–water partition coefficient (Wildman–Crippen LogP) is 2.33. The van der Waals surface area contributed by atoms with Gasteiger partial charge in [0.25, 0.3) is 5.91 Å². The molecule has 0 aliphatic carbocycles. The number of aliphatic carboxylic acids is 1. The minimum absolute atomic E-state index is 0.219. The number of hydrogen-bond donors (Lipinski definition) is 2. The van der Waals surface area contributed by atoms with Crippen molar-refractivity contribution in [1.29, 1.82) is 0 Å². The molecule has 6 heteroatoms. The Bertz CT molecular complexity index is 490. The molecule has 0 heterocycles. The van der Waals surface area contributed by atoms with Crippen molar-refractivity contribution in [1.82, 2.24) is 5.32 Å². The van der Waals surface area contributed by atoms with Crippen LogP contribution in [0.3, 0.4) is 0 Å². The Hall–Kier alpha value is -1.75. The Morgan fingerprint density at radius 1 is 1.25 bits per heavy atom. The van der Waals surface area contributed by atoms with Crippen molar-refractivity contribution in [2.75, 3.05) is 0 Å². The maximum atomic E-state index is 11.9. The molecule has 0 aliphatic rings. The number of carboxylic acids is 1. The van der Waals surface area contributed by atoms with Crippen LogP contribution in [-0.4, -0.2) is 29.1 Å². The highest BCUT2D eigenvalue weighted by Crippen LogP contribution is 2.24. The summed E-state index contributed by atoms with van der Waals surface area (Å²) < 4.78 is 5.43. The summed E-state index contributed by atoms with van der Waals surface area (Å²) in [5.74, 6) is -1.40. The second kappa shape index (κ2) is 7.14. The highest BCUT2D eigenvalue weighted by Gasteiger charge is 2.26. The van der Waals surface area contributed by atoms with E-state index in [-0.39, 0.29) is 5.92 Å². The highest BCUT2D eigenvalue weighted by molar-refractivity contribution is 6.32. The minimum atomic E-state index is -1.07. The van der Waals surface area contributed by atoms with Crippen LogP contribution in [0.2, 0.25) is 5.02 Å². The monoisotopic (exact) mass is 299 g/mol. The molecule has 1 aromatic carbocycles. The van der Waals surface area contributed by atoms with E-state index in [1.165, 1.54) is 6.92 Å². The van der Waals surface area contributed by atoms with E-state index >= 15 is 0 Å². The van der Waals surface area contributed by atoms with E-state index in [4.69, 9.17) is 21.4 Å². The number of carboxylic acid groups (broad SMARTS) is 1. The number of carbonyl (C=O) groups excluding carboxylic acids is 1. The van der Waals surface area contributed by atoms with E-state index < -0.39 is 24.0 Å². The molecule has 1 unspecified atom stereocenters. The first-order valence-corrected chi connectivity index (χ1v) is 6.65. The van der Waals surface area contributed by atoms with Crippen LogP contribution in [-0.2, 0) is 9.59 Å². The molecule has 0 aromatic heterocycles. The maximum Gasteiger partial charge on any atom is 0.326 e. The van der Waals surface area contributed by atoms with Gasteiger partial charge in [-0.3, -0.25) is 4.79 Å². The molecule has 1 amide bonds. The molecule has 0 bridgehead atoms. The van der Waals surface area contributed by atoms with E-state index in [0.717, 1.165) is 0 Å². The van der Waals surface area contributed by atoms with Gasteiger partial charge in [-0.15, -0.1) is 0 Å². The number of amides is 1. The molecule has 0 radical (unpaired) electrons. The number of nitrogens with one attached hydrogen (secondary N) is 1. The van der Waals surface area contributed by atoms with Crippen molar-refractivity contribution in [2.24, 2.45) is 5.92 Å². The summed E-state index contributed by atoms with van der Waals surface area (Å²) in [6.45, 7) is 4.98. The van der Waals surface area contributed by atoms with Crippen LogP contribution in [0, 0.1) is 5.92 Å². The first kappa shape index (κ1) is 16.3. The smallest absolute Gasteiger partial charge is 0.326 e. The summed E-state index contributed by atoms with van der Waals surface area (Å²) in [5.41, 5.74) is 0. The summed E-state index contributed by atoms with van der Waals surface area (Å²) in [7, 11) is 0. The normalized spacial score (nSPS) is 13.7. The fourth-order valence-electron chi connectivity index (χ4n) is 1.57.